The van der Waals surface area contributed by atoms with Crippen molar-refractivity contribution in [1.29, 1.82) is 0 Å². The molecule has 0 radical (unpaired) electrons. The lowest BCUT2D eigenvalue weighted by Gasteiger charge is -2.32. The molecule has 1 saturated heterocycles. The fourth-order valence-corrected chi connectivity index (χ4v) is 5.65. The topological polar surface area (TPSA) is 28.2 Å². The van der Waals surface area contributed by atoms with Gasteiger partial charge in [0.25, 0.3) is 0 Å². The lowest BCUT2D eigenvalue weighted by atomic mass is 9.88. The Kier molecular flexibility index (Phi) is 7.02. The van der Waals surface area contributed by atoms with Crippen molar-refractivity contribution in [2.75, 3.05) is 34.3 Å². The Hall–Kier alpha value is -1.92. The highest BCUT2D eigenvalue weighted by Gasteiger charge is 2.38. The number of rotatable bonds is 9. The molecule has 5 rings (SSSR count). The molecular formula is C28H39N3O2. The molecule has 1 atom stereocenters. The van der Waals surface area contributed by atoms with Crippen LogP contribution in [0.4, 0.5) is 0 Å². The summed E-state index contributed by atoms with van der Waals surface area (Å²) < 4.78 is 0. The van der Waals surface area contributed by atoms with E-state index in [1.807, 2.05) is 0 Å². The van der Waals surface area contributed by atoms with Gasteiger partial charge < -0.3 is 9.74 Å². The average molecular weight is 450 g/mol. The molecule has 0 N–H and O–H groups in total. The first-order valence-corrected chi connectivity index (χ1v) is 12.7. The largest absolute Gasteiger partial charge is 0.379 e. The van der Waals surface area contributed by atoms with E-state index in [1.54, 1.807) is 12.3 Å². The van der Waals surface area contributed by atoms with Gasteiger partial charge in [-0.05, 0) is 93.9 Å². The summed E-state index contributed by atoms with van der Waals surface area (Å²) in [6.07, 6.45) is 7.48. The Morgan fingerprint density at radius 2 is 1.67 bits per heavy atom. The van der Waals surface area contributed by atoms with Crippen molar-refractivity contribution >= 4 is 0 Å². The van der Waals surface area contributed by atoms with Gasteiger partial charge in [0.1, 0.15) is 6.04 Å². The van der Waals surface area contributed by atoms with Crippen LogP contribution in [0.15, 0.2) is 42.5 Å². The molecule has 5 heteroatoms. The van der Waals surface area contributed by atoms with Gasteiger partial charge in [0, 0.05) is 24.2 Å². The summed E-state index contributed by atoms with van der Waals surface area (Å²) in [5.41, 5.74) is 5.56. The molecule has 0 spiro atoms. The molecule has 1 saturated carbocycles. The van der Waals surface area contributed by atoms with E-state index in [0.29, 0.717) is 5.92 Å². The van der Waals surface area contributed by atoms with Crippen molar-refractivity contribution in [3.63, 3.8) is 0 Å². The van der Waals surface area contributed by atoms with Crippen LogP contribution in [-0.2, 0) is 17.9 Å². The van der Waals surface area contributed by atoms with Gasteiger partial charge in [0.05, 0.1) is 7.11 Å². The summed E-state index contributed by atoms with van der Waals surface area (Å²) >= 11 is 0. The number of hydrogen-bond donors (Lipinski definition) is 0. The normalized spacial score (nSPS) is 22.0. The Bertz CT molecular complexity index is 920. The summed E-state index contributed by atoms with van der Waals surface area (Å²) in [7, 11) is 6.01. The predicted molar refractivity (Wildman–Crippen MR) is 132 cm³/mol. The van der Waals surface area contributed by atoms with Crippen molar-refractivity contribution in [3.8, 4) is 5.75 Å². The molecule has 0 aromatic heterocycles. The average Bonchev–Trinajstić information content (AvgIpc) is 3.60. The Morgan fingerprint density at radius 1 is 0.939 bits per heavy atom. The van der Waals surface area contributed by atoms with Crippen molar-refractivity contribution in [1.82, 2.24) is 15.0 Å². The van der Waals surface area contributed by atoms with Gasteiger partial charge in [0.15, 0.2) is 5.75 Å². The van der Waals surface area contributed by atoms with Crippen LogP contribution in [0.5, 0.6) is 5.75 Å². The molecule has 5 nitrogen and oxygen atoms in total. The maximum atomic E-state index is 6.32. The molecule has 2 aromatic rings. The Morgan fingerprint density at radius 3 is 2.33 bits per heavy atom. The highest BCUT2D eigenvalue weighted by Crippen LogP contribution is 2.49. The highest BCUT2D eigenvalue weighted by atomic mass is 17.0. The number of benzene rings is 2. The van der Waals surface area contributed by atoms with E-state index in [1.165, 1.54) is 67.4 Å². The number of nitrogens with zero attached hydrogens (tertiary/aromatic N) is 3. The van der Waals surface area contributed by atoms with E-state index in [0.717, 1.165) is 31.2 Å². The van der Waals surface area contributed by atoms with Gasteiger partial charge in [-0.3, -0.25) is 9.74 Å². The van der Waals surface area contributed by atoms with Crippen LogP contribution in [-0.4, -0.2) is 49.3 Å². The van der Waals surface area contributed by atoms with E-state index in [2.05, 4.69) is 66.4 Å². The van der Waals surface area contributed by atoms with Crippen molar-refractivity contribution < 1.29 is 9.68 Å². The lowest BCUT2D eigenvalue weighted by molar-refractivity contribution is -0.315. The maximum Gasteiger partial charge on any atom is 0.160 e. The predicted octanol–water partition coefficient (Wildman–Crippen LogP) is 5.53. The van der Waals surface area contributed by atoms with Crippen molar-refractivity contribution in [2.24, 2.45) is 5.92 Å². The number of hydrogen-bond acceptors (Lipinski definition) is 5. The van der Waals surface area contributed by atoms with Crippen molar-refractivity contribution in [3.05, 3.63) is 64.7 Å². The first-order valence-electron chi connectivity index (χ1n) is 12.7. The van der Waals surface area contributed by atoms with Crippen LogP contribution in [0, 0.1) is 5.92 Å². The second kappa shape index (κ2) is 10.1. The Balaban J connectivity index is 1.22. The summed E-state index contributed by atoms with van der Waals surface area (Å²) in [5.74, 6) is 2.55. The minimum atomic E-state index is 0.182. The van der Waals surface area contributed by atoms with Crippen LogP contribution in [0.2, 0.25) is 0 Å². The van der Waals surface area contributed by atoms with Gasteiger partial charge in [-0.2, -0.15) is 0 Å². The first kappa shape index (κ1) is 22.9. The molecule has 0 amide bonds. The molecule has 3 aliphatic rings. The maximum absolute atomic E-state index is 6.32. The quantitative estimate of drug-likeness (QED) is 0.502. The summed E-state index contributed by atoms with van der Waals surface area (Å²) in [6.45, 7) is 4.39. The minimum absolute atomic E-state index is 0.182. The summed E-state index contributed by atoms with van der Waals surface area (Å²) in [4.78, 5) is 16.9. The highest BCUT2D eigenvalue weighted by molar-refractivity contribution is 5.51. The van der Waals surface area contributed by atoms with Gasteiger partial charge in [-0.15, -0.1) is 0 Å². The zero-order valence-corrected chi connectivity index (χ0v) is 20.5. The molecule has 1 aliphatic carbocycles. The van der Waals surface area contributed by atoms with Crippen molar-refractivity contribution in [2.45, 2.75) is 63.6 Å². The number of hydroxylamine groups is 2. The fraction of sp³-hybridized carbons (Fsp3) is 0.571. The molecule has 2 aliphatic heterocycles. The van der Waals surface area contributed by atoms with E-state index in [9.17, 15) is 0 Å². The molecule has 2 heterocycles. The summed E-state index contributed by atoms with van der Waals surface area (Å²) in [6, 6.07) is 15.7. The first-order chi connectivity index (χ1) is 16.1. The smallest absolute Gasteiger partial charge is 0.160 e. The molecular weight excluding hydrogens is 410 g/mol. The van der Waals surface area contributed by atoms with Gasteiger partial charge in [-0.1, -0.05) is 42.5 Å². The van der Waals surface area contributed by atoms with Crippen LogP contribution in [0.1, 0.15) is 72.7 Å². The third-order valence-electron chi connectivity index (χ3n) is 7.60. The summed E-state index contributed by atoms with van der Waals surface area (Å²) in [5, 5.41) is 1.75. The second-order valence-electron chi connectivity index (χ2n) is 10.4. The second-order valence-corrected chi connectivity index (χ2v) is 10.4. The lowest BCUT2D eigenvalue weighted by Crippen LogP contribution is -2.33. The monoisotopic (exact) mass is 449 g/mol. The molecule has 33 heavy (non-hydrogen) atoms. The van der Waals surface area contributed by atoms with E-state index in [-0.39, 0.29) is 6.04 Å². The van der Waals surface area contributed by atoms with Gasteiger partial charge >= 0.3 is 0 Å². The van der Waals surface area contributed by atoms with E-state index >= 15 is 0 Å². The molecule has 2 fully saturated rings. The fourth-order valence-electron chi connectivity index (χ4n) is 5.65. The minimum Gasteiger partial charge on any atom is -0.379 e. The third kappa shape index (κ3) is 5.27. The van der Waals surface area contributed by atoms with Gasteiger partial charge in [0.2, 0.25) is 0 Å². The Labute approximate surface area is 199 Å². The molecule has 2 aromatic carbocycles. The zero-order chi connectivity index (χ0) is 22.8. The number of likely N-dealkylation sites (tertiary alicyclic amines) is 1. The van der Waals surface area contributed by atoms with Gasteiger partial charge in [-0.25, -0.2) is 0 Å². The number of piperidine rings is 1. The third-order valence-corrected chi connectivity index (χ3v) is 7.60. The molecule has 178 valence electrons. The van der Waals surface area contributed by atoms with Crippen LogP contribution in [0.25, 0.3) is 0 Å². The van der Waals surface area contributed by atoms with Crippen LogP contribution >= 0.6 is 0 Å². The molecule has 1 unspecified atom stereocenters. The van der Waals surface area contributed by atoms with Crippen LogP contribution in [0.3, 0.4) is 0 Å². The SMILES string of the molecule is CON1Oc2c(ccc(C3CC3)c2CN(C)C)C1CCC1CCN(Cc2ccccc2)CC1. The zero-order valence-electron chi connectivity index (χ0n) is 20.5. The standard InChI is InChI=1S/C28H39N3O2/c1-29(2)20-26-24(23-10-11-23)12-13-25-27(31(32-3)33-28(25)26)14-9-21-15-17-30(18-16-21)19-22-7-5-4-6-8-22/h4-8,12-13,21,23,27H,9-11,14-20H2,1-3H3. The van der Waals surface area contributed by atoms with E-state index in [4.69, 9.17) is 9.68 Å². The number of fused-ring (bicyclic) bond motifs is 1. The van der Waals surface area contributed by atoms with E-state index < -0.39 is 0 Å². The van der Waals surface area contributed by atoms with Crippen LogP contribution < -0.4 is 4.84 Å². The molecule has 0 bridgehead atoms.